The van der Waals surface area contributed by atoms with Crippen LogP contribution in [0, 0.1) is 5.92 Å². The number of oxime groups is 1. The summed E-state index contributed by atoms with van der Waals surface area (Å²) in [6, 6.07) is 3.83. The van der Waals surface area contributed by atoms with Gasteiger partial charge in [0.05, 0.1) is 18.7 Å². The summed E-state index contributed by atoms with van der Waals surface area (Å²) in [6.07, 6.45) is 1.82. The Labute approximate surface area is 116 Å². The van der Waals surface area contributed by atoms with Gasteiger partial charge in [-0.1, -0.05) is 5.16 Å². The third-order valence-corrected chi connectivity index (χ3v) is 3.26. The van der Waals surface area contributed by atoms with Crippen LogP contribution in [0.3, 0.4) is 0 Å². The Kier molecular flexibility index (Phi) is 3.97. The second-order valence-corrected chi connectivity index (χ2v) is 4.70. The van der Waals surface area contributed by atoms with Crippen LogP contribution in [0.1, 0.15) is 23.2 Å². The van der Waals surface area contributed by atoms with Crippen molar-refractivity contribution in [1.29, 1.82) is 0 Å². The smallest absolute Gasteiger partial charge is 0.255 e. The van der Waals surface area contributed by atoms with Gasteiger partial charge in [-0.3, -0.25) is 4.79 Å². The average Bonchev–Trinajstić information content (AvgIpc) is 3.28. The minimum Gasteiger partial charge on any atom is -0.507 e. The first-order chi connectivity index (χ1) is 9.56. The number of carbonyl (C=O) groups is 1. The van der Waals surface area contributed by atoms with E-state index in [0.29, 0.717) is 5.75 Å². The lowest BCUT2D eigenvalue weighted by Gasteiger charge is -2.17. The minimum atomic E-state index is -0.530. The molecule has 5 N–H and O–H groups in total. The van der Waals surface area contributed by atoms with Crippen LogP contribution in [0.4, 0.5) is 0 Å². The highest BCUT2D eigenvalue weighted by Gasteiger charge is 2.35. The first-order valence-corrected chi connectivity index (χ1v) is 6.22. The van der Waals surface area contributed by atoms with Crippen LogP contribution in [-0.2, 0) is 0 Å². The quantitative estimate of drug-likeness (QED) is 0.273. The molecule has 1 unspecified atom stereocenters. The standard InChI is InChI=1S/C13H17N3O4/c1-20-8-4-5-10(17)9(6-8)13(18)15-11(7-2-3-7)12(14)16-19/h4-7,11,17,19H,2-3H2,1H3,(H2,14,16)(H,15,18). The third-order valence-electron chi connectivity index (χ3n) is 3.26. The number of rotatable bonds is 5. The van der Waals surface area contributed by atoms with Crippen LogP contribution in [0.15, 0.2) is 23.4 Å². The highest BCUT2D eigenvalue weighted by molar-refractivity contribution is 6.00. The molecule has 7 nitrogen and oxygen atoms in total. The van der Waals surface area contributed by atoms with Crippen molar-refractivity contribution in [3.8, 4) is 11.5 Å². The number of nitrogens with two attached hydrogens (primary N) is 1. The number of phenols is 1. The van der Waals surface area contributed by atoms with Gasteiger partial charge in [0.2, 0.25) is 0 Å². The Morgan fingerprint density at radius 2 is 2.25 bits per heavy atom. The van der Waals surface area contributed by atoms with Crippen molar-refractivity contribution in [3.05, 3.63) is 23.8 Å². The molecule has 2 rings (SSSR count). The summed E-state index contributed by atoms with van der Waals surface area (Å²) >= 11 is 0. The number of carbonyl (C=O) groups excluding carboxylic acids is 1. The van der Waals surface area contributed by atoms with Crippen molar-refractivity contribution in [2.75, 3.05) is 7.11 Å². The summed E-state index contributed by atoms with van der Waals surface area (Å²) in [4.78, 5) is 12.2. The largest absolute Gasteiger partial charge is 0.507 e. The molecule has 1 aromatic rings. The lowest BCUT2D eigenvalue weighted by molar-refractivity contribution is 0.0940. The number of amides is 1. The van der Waals surface area contributed by atoms with Crippen LogP contribution < -0.4 is 15.8 Å². The predicted molar refractivity (Wildman–Crippen MR) is 72.0 cm³/mol. The Morgan fingerprint density at radius 1 is 1.55 bits per heavy atom. The summed E-state index contributed by atoms with van der Waals surface area (Å²) in [5.41, 5.74) is 5.66. The number of ether oxygens (including phenoxy) is 1. The lowest BCUT2D eigenvalue weighted by atomic mass is 10.1. The van der Waals surface area contributed by atoms with Crippen molar-refractivity contribution in [1.82, 2.24) is 5.32 Å². The molecule has 0 radical (unpaired) electrons. The monoisotopic (exact) mass is 279 g/mol. The molecular formula is C13H17N3O4. The molecule has 1 fully saturated rings. The molecule has 0 heterocycles. The number of hydrogen-bond acceptors (Lipinski definition) is 5. The van der Waals surface area contributed by atoms with Crippen LogP contribution in [0.2, 0.25) is 0 Å². The van der Waals surface area contributed by atoms with E-state index in [1.54, 1.807) is 6.07 Å². The Hall–Kier alpha value is -2.44. The molecule has 20 heavy (non-hydrogen) atoms. The minimum absolute atomic E-state index is 0.0387. The van der Waals surface area contributed by atoms with E-state index in [1.807, 2.05) is 0 Å². The summed E-state index contributed by atoms with van der Waals surface area (Å²) in [5.74, 6) is -0.0622. The van der Waals surface area contributed by atoms with Crippen molar-refractivity contribution >= 4 is 11.7 Å². The van der Waals surface area contributed by atoms with Crippen molar-refractivity contribution < 1.29 is 19.8 Å². The van der Waals surface area contributed by atoms with E-state index in [9.17, 15) is 9.90 Å². The molecule has 7 heteroatoms. The molecular weight excluding hydrogens is 262 g/mol. The Balaban J connectivity index is 2.18. The van der Waals surface area contributed by atoms with E-state index in [4.69, 9.17) is 15.7 Å². The normalized spacial score (nSPS) is 16.6. The van der Waals surface area contributed by atoms with Gasteiger partial charge in [0.15, 0.2) is 5.84 Å². The van der Waals surface area contributed by atoms with Gasteiger partial charge in [0.1, 0.15) is 11.5 Å². The van der Waals surface area contributed by atoms with Gasteiger partial charge < -0.3 is 26.1 Å². The van der Waals surface area contributed by atoms with E-state index >= 15 is 0 Å². The van der Waals surface area contributed by atoms with Gasteiger partial charge in [-0.2, -0.15) is 0 Å². The first-order valence-electron chi connectivity index (χ1n) is 6.22. The maximum absolute atomic E-state index is 12.2. The zero-order valence-corrected chi connectivity index (χ0v) is 11.0. The number of nitrogens with one attached hydrogen (secondary N) is 1. The van der Waals surface area contributed by atoms with Crippen LogP contribution in [-0.4, -0.2) is 35.2 Å². The number of hydrogen-bond donors (Lipinski definition) is 4. The molecule has 0 aliphatic heterocycles. The van der Waals surface area contributed by atoms with E-state index in [2.05, 4.69) is 10.5 Å². The fourth-order valence-corrected chi connectivity index (χ4v) is 1.97. The zero-order chi connectivity index (χ0) is 14.7. The Morgan fingerprint density at radius 3 is 2.80 bits per heavy atom. The number of nitrogens with zero attached hydrogens (tertiary/aromatic N) is 1. The van der Waals surface area contributed by atoms with Gasteiger partial charge in [-0.15, -0.1) is 0 Å². The molecule has 1 aliphatic rings. The maximum atomic E-state index is 12.2. The third kappa shape index (κ3) is 2.93. The lowest BCUT2D eigenvalue weighted by Crippen LogP contribution is -2.46. The van der Waals surface area contributed by atoms with E-state index in [1.165, 1.54) is 19.2 Å². The van der Waals surface area contributed by atoms with Crippen molar-refractivity contribution in [3.63, 3.8) is 0 Å². The molecule has 0 saturated heterocycles. The second-order valence-electron chi connectivity index (χ2n) is 4.70. The molecule has 0 aromatic heterocycles. The van der Waals surface area contributed by atoms with E-state index in [-0.39, 0.29) is 23.1 Å². The highest BCUT2D eigenvalue weighted by atomic mass is 16.5. The van der Waals surface area contributed by atoms with Gasteiger partial charge in [-0.25, -0.2) is 0 Å². The zero-order valence-electron chi connectivity index (χ0n) is 11.0. The number of amidine groups is 1. The fraction of sp³-hybridized carbons (Fsp3) is 0.385. The molecule has 108 valence electrons. The number of benzene rings is 1. The summed E-state index contributed by atoms with van der Waals surface area (Å²) < 4.78 is 5.01. The molecule has 1 amide bonds. The molecule has 1 atom stereocenters. The van der Waals surface area contributed by atoms with Crippen LogP contribution >= 0.6 is 0 Å². The predicted octanol–water partition coefficient (Wildman–Crippen LogP) is 0.656. The number of phenolic OH excluding ortho intramolecular Hbond substituents is 1. The highest BCUT2D eigenvalue weighted by Crippen LogP contribution is 2.33. The van der Waals surface area contributed by atoms with Crippen molar-refractivity contribution in [2.24, 2.45) is 16.8 Å². The molecule has 0 bridgehead atoms. The van der Waals surface area contributed by atoms with Gasteiger partial charge in [-0.05, 0) is 37.0 Å². The first kappa shape index (κ1) is 14.0. The summed E-state index contributed by atoms with van der Waals surface area (Å²) in [5, 5.41) is 24.1. The molecule has 1 saturated carbocycles. The maximum Gasteiger partial charge on any atom is 0.255 e. The van der Waals surface area contributed by atoms with E-state index in [0.717, 1.165) is 12.8 Å². The van der Waals surface area contributed by atoms with E-state index < -0.39 is 11.9 Å². The van der Waals surface area contributed by atoms with Crippen LogP contribution in [0.5, 0.6) is 11.5 Å². The fourth-order valence-electron chi connectivity index (χ4n) is 1.97. The summed E-state index contributed by atoms with van der Waals surface area (Å²) in [6.45, 7) is 0. The molecule has 0 spiro atoms. The van der Waals surface area contributed by atoms with Crippen LogP contribution in [0.25, 0.3) is 0 Å². The Bertz CT molecular complexity index is 540. The SMILES string of the molecule is COc1ccc(O)c(C(=O)NC(C(N)=NO)C2CC2)c1. The van der Waals surface area contributed by atoms with Gasteiger partial charge in [0, 0.05) is 0 Å². The van der Waals surface area contributed by atoms with Gasteiger partial charge in [0.25, 0.3) is 5.91 Å². The molecule has 1 aliphatic carbocycles. The number of aromatic hydroxyl groups is 1. The second kappa shape index (κ2) is 5.68. The topological polar surface area (TPSA) is 117 Å². The number of methoxy groups -OCH3 is 1. The van der Waals surface area contributed by atoms with Crippen molar-refractivity contribution in [2.45, 2.75) is 18.9 Å². The average molecular weight is 279 g/mol. The molecule has 1 aromatic carbocycles. The summed E-state index contributed by atoms with van der Waals surface area (Å²) in [7, 11) is 1.47. The van der Waals surface area contributed by atoms with Gasteiger partial charge >= 0.3 is 0 Å².